The second-order valence-electron chi connectivity index (χ2n) is 7.82. The molecule has 0 saturated carbocycles. The number of pyridine rings is 2. The van der Waals surface area contributed by atoms with Gasteiger partial charge in [-0.05, 0) is 12.5 Å². The van der Waals surface area contributed by atoms with E-state index in [0.717, 1.165) is 6.08 Å². The number of fused-ring (bicyclic) bond motifs is 1. The van der Waals surface area contributed by atoms with Crippen molar-refractivity contribution in [2.24, 2.45) is 0 Å². The normalized spacial score (nSPS) is 14.2. The zero-order valence-electron chi connectivity index (χ0n) is 19.2. The van der Waals surface area contributed by atoms with Crippen LogP contribution in [0.3, 0.4) is 0 Å². The molecule has 36 heavy (non-hydrogen) atoms. The van der Waals surface area contributed by atoms with E-state index >= 15 is 0 Å². The van der Waals surface area contributed by atoms with E-state index in [1.54, 1.807) is 12.1 Å². The third-order valence-electron chi connectivity index (χ3n) is 5.42. The molecule has 0 saturated heterocycles. The van der Waals surface area contributed by atoms with Crippen LogP contribution in [0.2, 0.25) is 0 Å². The molecule has 0 bridgehead atoms. The number of carbonyl (C=O) groups is 1. The highest BCUT2D eigenvalue weighted by Gasteiger charge is 2.32. The number of alkyl halides is 1. The van der Waals surface area contributed by atoms with Gasteiger partial charge < -0.3 is 26.3 Å². The molecule has 186 valence electrons. The molecule has 0 fully saturated rings. The predicted molar refractivity (Wildman–Crippen MR) is 132 cm³/mol. The summed E-state index contributed by atoms with van der Waals surface area (Å²) in [5.74, 6) is -0.360. The molecular formula is C24H25FN8O3. The predicted octanol–water partition coefficient (Wildman–Crippen LogP) is 1.67. The number of hydrogen-bond donors (Lipinski definition) is 5. The van der Waals surface area contributed by atoms with Gasteiger partial charge in [0.1, 0.15) is 11.7 Å². The maximum absolute atomic E-state index is 14.4. The first-order chi connectivity index (χ1) is 17.3. The number of aliphatic hydroxyl groups is 2. The molecular weight excluding hydrogens is 467 g/mol. The van der Waals surface area contributed by atoms with Crippen molar-refractivity contribution in [2.45, 2.75) is 24.3 Å². The zero-order valence-corrected chi connectivity index (χ0v) is 19.2. The standard InChI is InChI=1S/C24H25FN8O3/c1-3-17(34)5-6-28-19-8-21(33-22-16(11-32-33)7-15(9-26)10-30-22)29-12-18(19)23(35)31-13-20(25)24(36,4-2)14-27/h3-4,7-8,10-12,14,17,20,27,34,36H,1-2,5-6,13H2,(H,28,29)(H,31,35)/t17?,20-,24?/m1/s1. The Bertz CT molecular complexity index is 1320. The number of aliphatic hydroxyl groups excluding tert-OH is 1. The van der Waals surface area contributed by atoms with Crippen LogP contribution in [0.5, 0.6) is 0 Å². The minimum atomic E-state index is -2.21. The number of amides is 1. The molecule has 0 spiro atoms. The lowest BCUT2D eigenvalue weighted by molar-refractivity contribution is 0.0654. The van der Waals surface area contributed by atoms with E-state index in [2.05, 4.69) is 38.9 Å². The molecule has 0 aliphatic rings. The summed E-state index contributed by atoms with van der Waals surface area (Å²) in [5, 5.41) is 46.4. The number of halogens is 1. The molecule has 1 amide bonds. The molecule has 3 heterocycles. The summed E-state index contributed by atoms with van der Waals surface area (Å²) in [4.78, 5) is 21.4. The Morgan fingerprint density at radius 2 is 2.11 bits per heavy atom. The number of carbonyl (C=O) groups excluding carboxylic acids is 1. The van der Waals surface area contributed by atoms with Crippen LogP contribution in [-0.4, -0.2) is 73.0 Å². The van der Waals surface area contributed by atoms with Crippen molar-refractivity contribution >= 4 is 28.8 Å². The lowest BCUT2D eigenvalue weighted by Crippen LogP contribution is -2.46. The Hall–Kier alpha value is -4.47. The van der Waals surface area contributed by atoms with Gasteiger partial charge in [0.05, 0.1) is 35.7 Å². The number of rotatable bonds is 12. The maximum Gasteiger partial charge on any atom is 0.255 e. The van der Waals surface area contributed by atoms with Gasteiger partial charge in [0.25, 0.3) is 5.91 Å². The van der Waals surface area contributed by atoms with Crippen LogP contribution in [0.4, 0.5) is 10.1 Å². The third-order valence-corrected chi connectivity index (χ3v) is 5.42. The average Bonchev–Trinajstić information content (AvgIpc) is 3.33. The van der Waals surface area contributed by atoms with E-state index in [1.807, 2.05) is 6.07 Å². The van der Waals surface area contributed by atoms with Crippen molar-refractivity contribution < 1.29 is 19.4 Å². The maximum atomic E-state index is 14.4. The Balaban J connectivity index is 1.91. The van der Waals surface area contributed by atoms with Crippen LogP contribution >= 0.6 is 0 Å². The summed E-state index contributed by atoms with van der Waals surface area (Å²) in [5.41, 5.74) is -0.985. The molecule has 3 atom stereocenters. The number of hydrogen-bond acceptors (Lipinski definition) is 9. The first-order valence-corrected chi connectivity index (χ1v) is 10.8. The van der Waals surface area contributed by atoms with Crippen LogP contribution in [0, 0.1) is 16.7 Å². The third kappa shape index (κ3) is 5.60. The highest BCUT2D eigenvalue weighted by molar-refractivity contribution is 5.99. The molecule has 5 N–H and O–H groups in total. The molecule has 11 nitrogen and oxygen atoms in total. The van der Waals surface area contributed by atoms with Crippen molar-refractivity contribution in [1.29, 1.82) is 10.7 Å². The van der Waals surface area contributed by atoms with Crippen LogP contribution in [0.25, 0.3) is 16.9 Å². The summed E-state index contributed by atoms with van der Waals surface area (Å²) < 4.78 is 15.9. The molecule has 3 rings (SSSR count). The molecule has 3 aromatic heterocycles. The van der Waals surface area contributed by atoms with Gasteiger partial charge in [-0.1, -0.05) is 18.7 Å². The summed E-state index contributed by atoms with van der Waals surface area (Å²) in [6, 6.07) is 5.20. The topological polar surface area (TPSA) is 173 Å². The number of anilines is 1. The Morgan fingerprint density at radius 3 is 2.78 bits per heavy atom. The number of nitrogens with one attached hydrogen (secondary N) is 3. The number of nitrogens with zero attached hydrogens (tertiary/aromatic N) is 5. The van der Waals surface area contributed by atoms with Crippen molar-refractivity contribution in [1.82, 2.24) is 25.1 Å². The van der Waals surface area contributed by atoms with Gasteiger partial charge in [0, 0.05) is 36.6 Å². The fraction of sp³-hybridized carbons (Fsp3) is 0.250. The number of aromatic nitrogens is 4. The minimum Gasteiger partial charge on any atom is -0.389 e. The SMILES string of the molecule is C=CC(O)CCNc1cc(-n2ncc3cc(C#N)cnc32)ncc1C(=O)NC[C@@H](F)C(O)(C=C)C=N. The summed E-state index contributed by atoms with van der Waals surface area (Å²) in [6.07, 6.45) is 4.55. The average molecular weight is 493 g/mol. The summed E-state index contributed by atoms with van der Waals surface area (Å²) in [6.45, 7) is 6.53. The molecule has 0 aliphatic heterocycles. The van der Waals surface area contributed by atoms with Crippen LogP contribution in [0.1, 0.15) is 22.3 Å². The second kappa shape index (κ2) is 11.3. The Morgan fingerprint density at radius 1 is 1.33 bits per heavy atom. The van der Waals surface area contributed by atoms with Gasteiger partial charge >= 0.3 is 0 Å². The fourth-order valence-corrected chi connectivity index (χ4v) is 3.23. The van der Waals surface area contributed by atoms with Crippen LogP contribution in [-0.2, 0) is 0 Å². The fourth-order valence-electron chi connectivity index (χ4n) is 3.23. The van der Waals surface area contributed by atoms with Gasteiger partial charge in [-0.15, -0.1) is 6.58 Å². The molecule has 12 heteroatoms. The quantitative estimate of drug-likeness (QED) is 0.188. The second-order valence-corrected chi connectivity index (χ2v) is 7.82. The lowest BCUT2D eigenvalue weighted by atomic mass is 9.99. The molecule has 3 aromatic rings. The smallest absolute Gasteiger partial charge is 0.255 e. The van der Waals surface area contributed by atoms with E-state index in [1.165, 1.54) is 29.3 Å². The summed E-state index contributed by atoms with van der Waals surface area (Å²) in [7, 11) is 0. The summed E-state index contributed by atoms with van der Waals surface area (Å²) >= 11 is 0. The van der Waals surface area contributed by atoms with E-state index in [4.69, 9.17) is 10.7 Å². The van der Waals surface area contributed by atoms with Crippen LogP contribution in [0.15, 0.2) is 56.0 Å². The number of nitriles is 1. The molecule has 2 unspecified atom stereocenters. The highest BCUT2D eigenvalue weighted by Crippen LogP contribution is 2.22. The van der Waals surface area contributed by atoms with E-state index in [-0.39, 0.29) is 12.1 Å². The van der Waals surface area contributed by atoms with Crippen molar-refractivity contribution in [3.8, 4) is 11.9 Å². The minimum absolute atomic E-state index is 0.0761. The molecule has 0 aliphatic carbocycles. The largest absolute Gasteiger partial charge is 0.389 e. The van der Waals surface area contributed by atoms with E-state index < -0.39 is 30.3 Å². The monoisotopic (exact) mass is 492 g/mol. The van der Waals surface area contributed by atoms with Gasteiger partial charge in [0.2, 0.25) is 0 Å². The Kier molecular flexibility index (Phi) is 8.21. The van der Waals surface area contributed by atoms with Crippen molar-refractivity contribution in [3.05, 3.63) is 67.2 Å². The first-order valence-electron chi connectivity index (χ1n) is 10.8. The first kappa shape index (κ1) is 26.1. The molecule has 0 radical (unpaired) electrons. The van der Waals surface area contributed by atoms with Gasteiger partial charge in [-0.2, -0.15) is 15.0 Å². The van der Waals surface area contributed by atoms with E-state index in [9.17, 15) is 19.4 Å². The lowest BCUT2D eigenvalue weighted by Gasteiger charge is -2.23. The van der Waals surface area contributed by atoms with Crippen molar-refractivity contribution in [2.75, 3.05) is 18.4 Å². The highest BCUT2D eigenvalue weighted by atomic mass is 19.1. The molecule has 0 aromatic carbocycles. The van der Waals surface area contributed by atoms with Gasteiger partial charge in [-0.3, -0.25) is 4.79 Å². The van der Waals surface area contributed by atoms with E-state index in [0.29, 0.717) is 40.7 Å². The van der Waals surface area contributed by atoms with Gasteiger partial charge in [0.15, 0.2) is 17.6 Å². The van der Waals surface area contributed by atoms with Gasteiger partial charge in [-0.25, -0.2) is 14.4 Å². The van der Waals surface area contributed by atoms with Crippen molar-refractivity contribution in [3.63, 3.8) is 0 Å². The zero-order chi connectivity index (χ0) is 26.3. The van der Waals surface area contributed by atoms with Crippen LogP contribution < -0.4 is 10.6 Å². The Labute approximate surface area is 206 Å².